The number of amides is 1. The third-order valence-corrected chi connectivity index (χ3v) is 3.10. The van der Waals surface area contributed by atoms with Gasteiger partial charge in [-0.05, 0) is 19.1 Å². The first-order chi connectivity index (χ1) is 8.74. The van der Waals surface area contributed by atoms with Gasteiger partial charge < -0.3 is 9.73 Å². The number of aromatic amines is 1. The number of rotatable bonds is 6. The van der Waals surface area contributed by atoms with E-state index in [2.05, 4.69) is 20.5 Å². The number of furan rings is 1. The van der Waals surface area contributed by atoms with E-state index in [0.717, 1.165) is 5.76 Å². The molecule has 2 rings (SSSR count). The first kappa shape index (κ1) is 12.7. The number of hydrogen-bond donors (Lipinski definition) is 2. The first-order valence-corrected chi connectivity index (χ1v) is 6.52. The summed E-state index contributed by atoms with van der Waals surface area (Å²) in [6.45, 7) is 1.94. The van der Waals surface area contributed by atoms with E-state index in [1.54, 1.807) is 6.26 Å². The van der Waals surface area contributed by atoms with Gasteiger partial charge in [0.05, 0.1) is 12.0 Å². The number of carbonyl (C=O) groups excluding carboxylic acids is 1. The van der Waals surface area contributed by atoms with Gasteiger partial charge >= 0.3 is 0 Å². The topological polar surface area (TPSA) is 83.8 Å². The van der Waals surface area contributed by atoms with Crippen molar-refractivity contribution >= 4 is 17.7 Å². The molecule has 0 saturated heterocycles. The van der Waals surface area contributed by atoms with Gasteiger partial charge in [-0.3, -0.25) is 9.89 Å². The average Bonchev–Trinajstić information content (AvgIpc) is 2.98. The van der Waals surface area contributed by atoms with E-state index in [-0.39, 0.29) is 11.9 Å². The number of H-pyrrole nitrogens is 1. The zero-order valence-electron chi connectivity index (χ0n) is 9.92. The lowest BCUT2D eigenvalue weighted by Crippen LogP contribution is -2.35. The molecule has 0 spiro atoms. The Hall–Kier alpha value is -1.76. The van der Waals surface area contributed by atoms with Crippen molar-refractivity contribution in [3.63, 3.8) is 0 Å². The lowest BCUT2D eigenvalue weighted by atomic mass is 10.2. The quantitative estimate of drug-likeness (QED) is 0.768. The van der Waals surface area contributed by atoms with E-state index in [0.29, 0.717) is 17.3 Å². The van der Waals surface area contributed by atoms with Crippen LogP contribution in [0.1, 0.15) is 12.7 Å². The molecule has 0 aliphatic heterocycles. The molecule has 2 aromatic heterocycles. The molecule has 0 bridgehead atoms. The van der Waals surface area contributed by atoms with Crippen LogP contribution in [0.3, 0.4) is 0 Å². The first-order valence-electron chi connectivity index (χ1n) is 5.54. The number of nitrogens with one attached hydrogen (secondary N) is 2. The molecule has 0 saturated carbocycles. The van der Waals surface area contributed by atoms with Crippen LogP contribution in [0.15, 0.2) is 34.3 Å². The summed E-state index contributed by atoms with van der Waals surface area (Å²) in [7, 11) is 0. The molecule has 2 N–H and O–H groups in total. The molecule has 1 unspecified atom stereocenters. The molecule has 2 heterocycles. The summed E-state index contributed by atoms with van der Waals surface area (Å²) >= 11 is 1.32. The summed E-state index contributed by atoms with van der Waals surface area (Å²) in [5.74, 6) is 1.15. The van der Waals surface area contributed by atoms with Crippen molar-refractivity contribution in [2.45, 2.75) is 24.5 Å². The van der Waals surface area contributed by atoms with Crippen molar-refractivity contribution in [1.29, 1.82) is 0 Å². The van der Waals surface area contributed by atoms with Gasteiger partial charge in [0.25, 0.3) is 0 Å². The maximum atomic E-state index is 11.7. The summed E-state index contributed by atoms with van der Waals surface area (Å²) in [5.41, 5.74) is 0. The van der Waals surface area contributed by atoms with Crippen molar-refractivity contribution in [3.8, 4) is 0 Å². The van der Waals surface area contributed by atoms with Crippen LogP contribution in [0.25, 0.3) is 0 Å². The molecule has 0 fully saturated rings. The van der Waals surface area contributed by atoms with Crippen LogP contribution in [-0.2, 0) is 11.2 Å². The van der Waals surface area contributed by atoms with Crippen LogP contribution < -0.4 is 5.32 Å². The van der Waals surface area contributed by atoms with Gasteiger partial charge in [0.1, 0.15) is 12.1 Å². The van der Waals surface area contributed by atoms with E-state index < -0.39 is 0 Å². The molecule has 96 valence electrons. The molecule has 0 radical (unpaired) electrons. The number of aromatic nitrogens is 3. The van der Waals surface area contributed by atoms with Crippen LogP contribution >= 0.6 is 11.8 Å². The Morgan fingerprint density at radius 1 is 1.67 bits per heavy atom. The second kappa shape index (κ2) is 6.25. The molecular formula is C11H14N4O2S. The fourth-order valence-electron chi connectivity index (χ4n) is 1.50. The summed E-state index contributed by atoms with van der Waals surface area (Å²) < 4.78 is 5.22. The zero-order chi connectivity index (χ0) is 12.8. The fourth-order valence-corrected chi connectivity index (χ4v) is 2.09. The predicted octanol–water partition coefficient (Wildman–Crippen LogP) is 1.24. The number of nitrogens with zero attached hydrogens (tertiary/aromatic N) is 2. The van der Waals surface area contributed by atoms with E-state index >= 15 is 0 Å². The van der Waals surface area contributed by atoms with Crippen molar-refractivity contribution in [1.82, 2.24) is 20.5 Å². The predicted molar refractivity (Wildman–Crippen MR) is 67.1 cm³/mol. The van der Waals surface area contributed by atoms with Gasteiger partial charge in [0.2, 0.25) is 5.91 Å². The Morgan fingerprint density at radius 3 is 3.22 bits per heavy atom. The lowest BCUT2D eigenvalue weighted by Gasteiger charge is -2.11. The van der Waals surface area contributed by atoms with Gasteiger partial charge in [-0.1, -0.05) is 11.8 Å². The molecule has 1 amide bonds. The Bertz CT molecular complexity index is 469. The number of carbonyl (C=O) groups is 1. The highest BCUT2D eigenvalue weighted by Gasteiger charge is 2.10. The summed E-state index contributed by atoms with van der Waals surface area (Å²) in [6.07, 6.45) is 3.73. The molecule has 0 aliphatic rings. The van der Waals surface area contributed by atoms with E-state index in [1.807, 2.05) is 19.1 Å². The largest absolute Gasteiger partial charge is 0.469 e. The minimum atomic E-state index is -0.0320. The standard InChI is InChI=1S/C11H14N4O2S/c1-8(5-9-3-2-4-17-9)14-10(16)6-18-11-12-7-13-15-11/h2-4,7-8H,5-6H2,1H3,(H,14,16)(H,12,13,15). The minimum absolute atomic E-state index is 0.0320. The molecule has 0 aromatic carbocycles. The van der Waals surface area contributed by atoms with Gasteiger partial charge in [-0.25, -0.2) is 4.98 Å². The maximum Gasteiger partial charge on any atom is 0.230 e. The highest BCUT2D eigenvalue weighted by Crippen LogP contribution is 2.10. The lowest BCUT2D eigenvalue weighted by molar-refractivity contribution is -0.119. The Morgan fingerprint density at radius 2 is 2.56 bits per heavy atom. The van der Waals surface area contributed by atoms with Crippen molar-refractivity contribution in [3.05, 3.63) is 30.5 Å². The van der Waals surface area contributed by atoms with Gasteiger partial charge in [-0.15, -0.1) is 0 Å². The maximum absolute atomic E-state index is 11.7. The second-order valence-electron chi connectivity index (χ2n) is 3.83. The zero-order valence-corrected chi connectivity index (χ0v) is 10.7. The van der Waals surface area contributed by atoms with Crippen molar-refractivity contribution < 1.29 is 9.21 Å². The Balaban J connectivity index is 1.70. The molecule has 1 atom stereocenters. The third kappa shape index (κ3) is 3.92. The summed E-state index contributed by atoms with van der Waals surface area (Å²) in [6, 6.07) is 3.77. The highest BCUT2D eigenvalue weighted by molar-refractivity contribution is 7.99. The normalized spacial score (nSPS) is 12.3. The van der Waals surface area contributed by atoms with Crippen molar-refractivity contribution in [2.75, 3.05) is 5.75 Å². The van der Waals surface area contributed by atoms with E-state index in [1.165, 1.54) is 18.1 Å². The molecule has 2 aromatic rings. The molecule has 7 heteroatoms. The van der Waals surface area contributed by atoms with E-state index in [9.17, 15) is 4.79 Å². The van der Waals surface area contributed by atoms with Crippen LogP contribution in [0.2, 0.25) is 0 Å². The minimum Gasteiger partial charge on any atom is -0.469 e. The van der Waals surface area contributed by atoms with Gasteiger partial charge in [0.15, 0.2) is 5.16 Å². The van der Waals surface area contributed by atoms with Gasteiger partial charge in [-0.2, -0.15) is 5.10 Å². The number of hydrogen-bond acceptors (Lipinski definition) is 5. The molecule has 6 nitrogen and oxygen atoms in total. The SMILES string of the molecule is CC(Cc1ccco1)NC(=O)CSc1ncn[nH]1. The van der Waals surface area contributed by atoms with Crippen LogP contribution in [0.4, 0.5) is 0 Å². The van der Waals surface area contributed by atoms with Crippen molar-refractivity contribution in [2.24, 2.45) is 0 Å². The second-order valence-corrected chi connectivity index (χ2v) is 4.80. The highest BCUT2D eigenvalue weighted by atomic mass is 32.2. The van der Waals surface area contributed by atoms with E-state index in [4.69, 9.17) is 4.42 Å². The summed E-state index contributed by atoms with van der Waals surface area (Å²) in [4.78, 5) is 15.6. The molecule has 18 heavy (non-hydrogen) atoms. The van der Waals surface area contributed by atoms with Crippen LogP contribution in [-0.4, -0.2) is 32.9 Å². The average molecular weight is 266 g/mol. The monoisotopic (exact) mass is 266 g/mol. The molecule has 0 aliphatic carbocycles. The van der Waals surface area contributed by atoms with Gasteiger partial charge in [0, 0.05) is 12.5 Å². The Labute approximate surface area is 109 Å². The third-order valence-electron chi connectivity index (χ3n) is 2.23. The number of thioether (sulfide) groups is 1. The fraction of sp³-hybridized carbons (Fsp3) is 0.364. The Kier molecular flexibility index (Phi) is 4.40. The van der Waals surface area contributed by atoms with Crippen LogP contribution in [0.5, 0.6) is 0 Å². The summed E-state index contributed by atoms with van der Waals surface area (Å²) in [5, 5.41) is 9.94. The molecular weight excluding hydrogens is 252 g/mol. The van der Waals surface area contributed by atoms with Crippen LogP contribution in [0, 0.1) is 0 Å². The smallest absolute Gasteiger partial charge is 0.230 e.